The van der Waals surface area contributed by atoms with Crippen molar-refractivity contribution in [2.45, 2.75) is 146 Å². The fourth-order valence-electron chi connectivity index (χ4n) is 18.4. The van der Waals surface area contributed by atoms with E-state index in [1.807, 2.05) is 154 Å². The molecule has 6 aliphatic heterocycles. The van der Waals surface area contributed by atoms with Gasteiger partial charge < -0.3 is 58.5 Å². The minimum absolute atomic E-state index is 0.0328. The number of allylic oxidation sites excluding steroid dienone is 3. The third-order valence-corrected chi connectivity index (χ3v) is 32.9. The second kappa shape index (κ2) is 32.8. The predicted octanol–water partition coefficient (Wildman–Crippen LogP) is 13.3. The Balaban J connectivity index is 0.000000109. The zero-order valence-corrected chi connectivity index (χ0v) is 72.9. The maximum atomic E-state index is 12.8. The van der Waals surface area contributed by atoms with Gasteiger partial charge in [0.2, 0.25) is 49.7 Å². The summed E-state index contributed by atoms with van der Waals surface area (Å²) in [5.41, 5.74) is 12.1. The summed E-state index contributed by atoms with van der Waals surface area (Å²) in [5, 5.41) is 30.0. The molecule has 5 aromatic carbocycles. The number of aromatic nitrogens is 10. The minimum atomic E-state index is -3.45. The number of hydrogen-bond acceptors (Lipinski definition) is 16. The third kappa shape index (κ3) is 15.4. The Labute approximate surface area is 712 Å². The number of rotatable bonds is 9. The van der Waals surface area contributed by atoms with Crippen LogP contribution in [0.1, 0.15) is 107 Å². The van der Waals surface area contributed by atoms with Crippen LogP contribution in [0.15, 0.2) is 224 Å². The molecule has 16 heterocycles. The fourth-order valence-corrected chi connectivity index (χ4v) is 24.5. The van der Waals surface area contributed by atoms with Crippen LogP contribution in [0.5, 0.6) is 0 Å². The van der Waals surface area contributed by atoms with E-state index in [0.29, 0.717) is 50.1 Å². The number of carbonyl (C=O) groups excluding carboxylic acids is 7. The first-order valence-corrected chi connectivity index (χ1v) is 50.3. The molecule has 5 atom stereocenters. The van der Waals surface area contributed by atoms with Crippen LogP contribution >= 0.6 is 15.9 Å². The molecule has 0 saturated carbocycles. The minimum Gasteiger partial charge on any atom is -0.428 e. The second-order valence-electron chi connectivity index (χ2n) is 33.3. The number of amides is 7. The van der Waals surface area contributed by atoms with Crippen LogP contribution in [-0.2, 0) is 33.6 Å². The zero-order chi connectivity index (χ0) is 85.4. The molecule has 6 aliphatic rings. The van der Waals surface area contributed by atoms with Crippen LogP contribution in [0.25, 0.3) is 110 Å². The first-order chi connectivity index (χ1) is 58.6. The van der Waals surface area contributed by atoms with Crippen LogP contribution in [0.3, 0.4) is 0 Å². The number of anilines is 1. The molecule has 6 fully saturated rings. The number of nitrogens with zero attached hydrogens (tertiary/aromatic N) is 10. The lowest BCUT2D eigenvalue weighted by molar-refractivity contribution is -0.137. The molecule has 30 heteroatoms. The molecule has 122 heavy (non-hydrogen) atoms. The van der Waals surface area contributed by atoms with E-state index in [1.165, 1.54) is 42.0 Å². The van der Waals surface area contributed by atoms with Crippen molar-refractivity contribution >= 4 is 213 Å². The lowest BCUT2D eigenvalue weighted by Crippen LogP contribution is -2.45. The smallest absolute Gasteiger partial charge is 0.363 e. The van der Waals surface area contributed by atoms with E-state index in [2.05, 4.69) is 134 Å². The van der Waals surface area contributed by atoms with Crippen molar-refractivity contribution in [3.8, 4) is 0 Å². The Kier molecular flexibility index (Phi) is 22.1. The van der Waals surface area contributed by atoms with E-state index >= 15 is 0 Å². The van der Waals surface area contributed by atoms with Gasteiger partial charge in [-0.1, -0.05) is 109 Å². The van der Waals surface area contributed by atoms with Crippen molar-refractivity contribution in [3.63, 3.8) is 0 Å². The number of imide groups is 2. The normalized spacial score (nSPS) is 19.5. The lowest BCUT2D eigenvalue weighted by Gasteiger charge is -2.26. The predicted molar refractivity (Wildman–Crippen MR) is 488 cm³/mol. The molecule has 21 rings (SSSR count). The molecule has 0 bridgehead atoms. The summed E-state index contributed by atoms with van der Waals surface area (Å²) >= 11 is 3.49. The number of halogens is 1. The SMILES string of the molecule is C=C1CCC(n2c3cc([Si](C)(C)O)ccc3c3cccnc32)C(=O)N1.C=C1CCC(n2c3cc([Si](C)(O)O)ccc3c3cccnc32)C(=O)N1.C=C1CCC(n2c3cc([Si]4(C)CCCC4)ccc3c3cccnc32)C(=O)N1.CNc1ccc2c(c1)c1cccnc1n2C1CCC(=O)NC1=O.O=C1CCC(n2c3ccc(Br)cc3c3cccnc32)C(=O)N1. The highest BCUT2D eigenvalue weighted by atomic mass is 79.9. The van der Waals surface area contributed by atoms with E-state index in [4.69, 9.17) is 0 Å². The van der Waals surface area contributed by atoms with E-state index in [9.17, 15) is 47.9 Å². The van der Waals surface area contributed by atoms with Crippen molar-refractivity contribution in [3.05, 3.63) is 224 Å². The zero-order valence-electron chi connectivity index (χ0n) is 68.3. The fraction of sp³-hybridized carbons (Fsp3) is 0.261. The first-order valence-electron chi connectivity index (χ1n) is 41.2. The topological polar surface area (TPSA) is 341 Å². The standard InChI is InChI=1S/C22H25N3OSi.C19H21N3O2Si.C18H19N3O3Si.C17H16N4O2.C16H12BrN3O2/c1-15-7-10-19(22(26)24-15)25-20-14-16(27(2)12-3-4-13-27)8-9-17(20)18-6-5-11-23-21(18)25;1-12-6-9-16(19(23)21-12)22-17-11-13(25(2,3)24)7-8-14(17)15-5-4-10-20-18(15)22;1-11-5-8-15(18(22)20-11)21-16-10-12(25(2,23)24)6-7-13(16)14-4-3-9-19-17(14)21;1-18-10-4-5-13-12(9-10)11-3-2-8-19-16(11)21(13)14-6-7-15(22)20-17(14)23;17-9-3-4-12-11(8-9)10-2-1-7-18-15(10)20(12)13-5-6-14(21)19-16(13)22/h5-6,8-9,11,14,19H,1,3-4,7,10,12-13H2,2H3,(H,24,26);4-5,7-8,10-11,16,24H,1,6,9H2,2-3H3,(H,21,23);3-4,6-7,9-10,15,23-24H,1,5,8H2,2H3,(H,20,22);2-5,8-9,14,18H,6-7H2,1H3,(H,20,22,23);1-4,7-8,13H,5-6H2,(H,19,21,22). The summed E-state index contributed by atoms with van der Waals surface area (Å²) in [4.78, 5) is 139. The summed E-state index contributed by atoms with van der Waals surface area (Å²) in [6.07, 6.45) is 17.5. The Morgan fingerprint density at radius 1 is 0.393 bits per heavy atom. The molecule has 620 valence electrons. The van der Waals surface area contributed by atoms with Crippen molar-refractivity contribution in [1.29, 1.82) is 0 Å². The number of piperidine rings is 5. The summed E-state index contributed by atoms with van der Waals surface area (Å²) in [6, 6.07) is 51.1. The van der Waals surface area contributed by atoms with Gasteiger partial charge in [0.25, 0.3) is 0 Å². The molecule has 9 N–H and O–H groups in total. The van der Waals surface area contributed by atoms with E-state index in [-0.39, 0.29) is 53.4 Å². The van der Waals surface area contributed by atoms with Gasteiger partial charge in [0.15, 0.2) is 0 Å². The Hall–Kier alpha value is -12.4. The number of carbonyl (C=O) groups is 7. The highest BCUT2D eigenvalue weighted by Gasteiger charge is 2.39. The van der Waals surface area contributed by atoms with Gasteiger partial charge in [0.1, 0.15) is 58.4 Å². The van der Waals surface area contributed by atoms with Crippen LogP contribution < -0.4 is 47.5 Å². The molecule has 7 amide bonds. The van der Waals surface area contributed by atoms with Gasteiger partial charge in [-0.15, -0.1) is 0 Å². The Morgan fingerprint density at radius 2 is 0.730 bits per heavy atom. The van der Waals surface area contributed by atoms with E-state index in [1.54, 1.807) is 36.9 Å². The summed E-state index contributed by atoms with van der Waals surface area (Å²) in [5.74, 6) is -1.07. The Bertz CT molecular complexity index is 6720. The summed E-state index contributed by atoms with van der Waals surface area (Å²) in [7, 11) is -5.40. The van der Waals surface area contributed by atoms with Gasteiger partial charge in [0.05, 0.1) is 35.7 Å². The summed E-state index contributed by atoms with van der Waals surface area (Å²) in [6.45, 7) is 19.4. The van der Waals surface area contributed by atoms with Crippen molar-refractivity contribution < 1.29 is 47.9 Å². The second-order valence-corrected chi connectivity index (χ2v) is 45.2. The van der Waals surface area contributed by atoms with Gasteiger partial charge >= 0.3 is 8.56 Å². The average molecular weight is 1750 g/mol. The van der Waals surface area contributed by atoms with Gasteiger partial charge in [-0.2, -0.15) is 0 Å². The monoisotopic (exact) mass is 1740 g/mol. The molecule has 0 aliphatic carbocycles. The molecule has 15 aromatic rings. The van der Waals surface area contributed by atoms with Crippen LogP contribution in [0.2, 0.25) is 38.3 Å². The highest BCUT2D eigenvalue weighted by Crippen LogP contribution is 2.42. The largest absolute Gasteiger partial charge is 0.428 e. The number of nitrogens with one attached hydrogen (secondary N) is 6. The molecule has 6 saturated heterocycles. The molecule has 5 unspecified atom stereocenters. The van der Waals surface area contributed by atoms with Crippen LogP contribution in [0, 0.1) is 0 Å². The van der Waals surface area contributed by atoms with Crippen LogP contribution in [-0.4, -0.2) is 135 Å². The summed E-state index contributed by atoms with van der Waals surface area (Å²) < 4.78 is 11.0. The van der Waals surface area contributed by atoms with Crippen molar-refractivity contribution in [1.82, 2.24) is 74.3 Å². The number of fused-ring (bicyclic) bond motifs is 15. The number of pyridine rings is 5. The molecule has 26 nitrogen and oxygen atoms in total. The van der Waals surface area contributed by atoms with Gasteiger partial charge in [-0.25, -0.2) is 24.9 Å². The van der Waals surface area contributed by atoms with Crippen molar-refractivity contribution in [2.75, 3.05) is 12.4 Å². The molecular formula is C92H93BrN16O10Si3. The lowest BCUT2D eigenvalue weighted by atomic mass is 10.0. The van der Waals surface area contributed by atoms with Gasteiger partial charge in [0, 0.05) is 132 Å². The first kappa shape index (κ1) is 81.9. The van der Waals surface area contributed by atoms with E-state index in [0.717, 1.165) is 156 Å². The highest BCUT2D eigenvalue weighted by molar-refractivity contribution is 9.10. The van der Waals surface area contributed by atoms with Gasteiger partial charge in [-0.3, -0.25) is 44.2 Å². The van der Waals surface area contributed by atoms with Crippen molar-refractivity contribution in [2.24, 2.45) is 0 Å². The molecule has 10 aromatic heterocycles. The molecule has 0 spiro atoms. The number of hydrogen-bond donors (Lipinski definition) is 9. The average Bonchev–Trinajstić information content (AvgIpc) is 1.61. The van der Waals surface area contributed by atoms with Crippen LogP contribution in [0.4, 0.5) is 5.69 Å². The maximum Gasteiger partial charge on any atom is 0.363 e. The Morgan fingerprint density at radius 3 is 1.11 bits per heavy atom. The molecule has 0 radical (unpaired) electrons. The maximum absolute atomic E-state index is 12.8. The third-order valence-electron chi connectivity index (χ3n) is 24.7. The number of benzene rings is 5. The van der Waals surface area contributed by atoms with E-state index < -0.39 is 43.1 Å². The van der Waals surface area contributed by atoms with Gasteiger partial charge in [-0.05, 0) is 197 Å². The molecular weight excluding hydrogens is 1650 g/mol. The quantitative estimate of drug-likeness (QED) is 0.0479.